The van der Waals surface area contributed by atoms with Gasteiger partial charge in [-0.2, -0.15) is 17.9 Å². The van der Waals surface area contributed by atoms with Crippen LogP contribution in [-0.4, -0.2) is 43.3 Å². The predicted octanol–water partition coefficient (Wildman–Crippen LogP) is -1.59. The third-order valence-corrected chi connectivity index (χ3v) is 3.15. The van der Waals surface area contributed by atoms with Crippen LogP contribution in [0.4, 0.5) is 0 Å². The van der Waals surface area contributed by atoms with Gasteiger partial charge in [-0.3, -0.25) is 4.79 Å². The smallest absolute Gasteiger partial charge is 0.321 e. The van der Waals surface area contributed by atoms with Crippen molar-refractivity contribution in [2.24, 2.45) is 0 Å². The minimum atomic E-state index is -3.78. The molecule has 4 N–H and O–H groups in total. The predicted molar refractivity (Wildman–Crippen MR) is 51.3 cm³/mol. The molecule has 0 heterocycles. The molecule has 1 unspecified atom stereocenters. The van der Waals surface area contributed by atoms with Crippen molar-refractivity contribution < 1.29 is 23.4 Å². The number of aliphatic carboxylic acids is 1. The number of carboxylic acid groups (broad SMARTS) is 1. The van der Waals surface area contributed by atoms with Crippen LogP contribution in [0.2, 0.25) is 0 Å². The van der Waals surface area contributed by atoms with Crippen LogP contribution in [0.5, 0.6) is 0 Å². The summed E-state index contributed by atoms with van der Waals surface area (Å²) in [7, 11) is -3.78. The molecule has 0 saturated heterocycles. The second-order valence-electron chi connectivity index (χ2n) is 3.42. The van der Waals surface area contributed by atoms with E-state index in [9.17, 15) is 13.2 Å². The first-order chi connectivity index (χ1) is 6.94. The fourth-order valence-electron chi connectivity index (χ4n) is 1.00. The zero-order chi connectivity index (χ0) is 11.5. The first kappa shape index (κ1) is 12.4. The van der Waals surface area contributed by atoms with E-state index in [0.717, 1.165) is 12.8 Å². The molecule has 0 aromatic rings. The fraction of sp³-hybridized carbons (Fsp3) is 0.857. The Bertz CT molecular complexity index is 324. The lowest BCUT2D eigenvalue weighted by Gasteiger charge is -2.13. The Labute approximate surface area is 87.7 Å². The molecule has 0 aromatic carbocycles. The number of aliphatic hydroxyl groups is 1. The molecule has 1 rings (SSSR count). The summed E-state index contributed by atoms with van der Waals surface area (Å²) in [4.78, 5) is 10.6. The number of hydrogen-bond acceptors (Lipinski definition) is 4. The summed E-state index contributed by atoms with van der Waals surface area (Å²) in [6.07, 6.45) is 1.40. The number of hydrogen-bond donors (Lipinski definition) is 4. The summed E-state index contributed by atoms with van der Waals surface area (Å²) in [6.45, 7) is -0.386. The lowest BCUT2D eigenvalue weighted by molar-refractivity contribution is -0.139. The maximum absolute atomic E-state index is 11.3. The van der Waals surface area contributed by atoms with Gasteiger partial charge in [-0.1, -0.05) is 0 Å². The van der Waals surface area contributed by atoms with Gasteiger partial charge in [-0.15, -0.1) is 0 Å². The van der Waals surface area contributed by atoms with E-state index in [2.05, 4.69) is 4.72 Å². The van der Waals surface area contributed by atoms with Crippen LogP contribution in [0, 0.1) is 0 Å². The van der Waals surface area contributed by atoms with Gasteiger partial charge in [0.25, 0.3) is 10.2 Å². The van der Waals surface area contributed by atoms with Gasteiger partial charge in [0.15, 0.2) is 0 Å². The second kappa shape index (κ2) is 4.88. The highest BCUT2D eigenvalue weighted by Crippen LogP contribution is 2.19. The van der Waals surface area contributed by atoms with Crippen molar-refractivity contribution in [2.45, 2.75) is 31.3 Å². The maximum Gasteiger partial charge on any atom is 0.321 e. The highest BCUT2D eigenvalue weighted by atomic mass is 32.2. The van der Waals surface area contributed by atoms with E-state index in [0.29, 0.717) is 0 Å². The number of nitrogens with one attached hydrogen (secondary N) is 2. The highest BCUT2D eigenvalue weighted by molar-refractivity contribution is 7.87. The summed E-state index contributed by atoms with van der Waals surface area (Å²) in [5.41, 5.74) is 0. The zero-order valence-corrected chi connectivity index (χ0v) is 8.83. The van der Waals surface area contributed by atoms with Gasteiger partial charge >= 0.3 is 5.97 Å². The fourth-order valence-corrected chi connectivity index (χ4v) is 2.34. The van der Waals surface area contributed by atoms with Crippen LogP contribution in [0.15, 0.2) is 0 Å². The van der Waals surface area contributed by atoms with E-state index < -0.39 is 22.2 Å². The third-order valence-electron chi connectivity index (χ3n) is 1.91. The Kier molecular flexibility index (Phi) is 4.03. The summed E-state index contributed by atoms with van der Waals surface area (Å²) < 4.78 is 26.9. The van der Waals surface area contributed by atoms with E-state index in [1.54, 1.807) is 0 Å². The molecule has 0 spiro atoms. The standard InChI is InChI=1S/C7H14N2O5S/c10-4-3-6(7(11)12)9-15(13,14)8-5-1-2-5/h5-6,8-10H,1-4H2,(H,11,12). The van der Waals surface area contributed by atoms with Crippen LogP contribution in [0.3, 0.4) is 0 Å². The zero-order valence-electron chi connectivity index (χ0n) is 8.01. The van der Waals surface area contributed by atoms with Crippen LogP contribution in [0.1, 0.15) is 19.3 Å². The minimum absolute atomic E-state index is 0.0777. The summed E-state index contributed by atoms with van der Waals surface area (Å²) in [5, 5.41) is 17.2. The van der Waals surface area contributed by atoms with E-state index >= 15 is 0 Å². The van der Waals surface area contributed by atoms with E-state index in [1.807, 2.05) is 4.72 Å². The molecular weight excluding hydrogens is 224 g/mol. The van der Waals surface area contributed by atoms with Crippen molar-refractivity contribution in [3.05, 3.63) is 0 Å². The molecule has 1 atom stereocenters. The quantitative estimate of drug-likeness (QED) is 0.426. The van der Waals surface area contributed by atoms with E-state index in [-0.39, 0.29) is 19.1 Å². The number of aliphatic hydroxyl groups excluding tert-OH is 1. The number of carboxylic acids is 1. The molecule has 0 bridgehead atoms. The van der Waals surface area contributed by atoms with Crippen molar-refractivity contribution >= 4 is 16.2 Å². The Morgan fingerprint density at radius 2 is 2.07 bits per heavy atom. The van der Waals surface area contributed by atoms with Gasteiger partial charge in [0, 0.05) is 12.6 Å². The van der Waals surface area contributed by atoms with E-state index in [1.165, 1.54) is 0 Å². The van der Waals surface area contributed by atoms with Crippen molar-refractivity contribution in [3.63, 3.8) is 0 Å². The topological polar surface area (TPSA) is 116 Å². The molecule has 1 aliphatic carbocycles. The lowest BCUT2D eigenvalue weighted by atomic mass is 10.2. The molecule has 1 fully saturated rings. The van der Waals surface area contributed by atoms with Gasteiger partial charge in [-0.25, -0.2) is 0 Å². The van der Waals surface area contributed by atoms with Gasteiger partial charge < -0.3 is 10.2 Å². The summed E-state index contributed by atoms with van der Waals surface area (Å²) in [5.74, 6) is -1.30. The first-order valence-electron chi connectivity index (χ1n) is 4.58. The molecule has 1 saturated carbocycles. The minimum Gasteiger partial charge on any atom is -0.480 e. The van der Waals surface area contributed by atoms with Gasteiger partial charge in [0.1, 0.15) is 6.04 Å². The van der Waals surface area contributed by atoms with E-state index in [4.69, 9.17) is 10.2 Å². The molecule has 0 aromatic heterocycles. The van der Waals surface area contributed by atoms with Crippen molar-refractivity contribution in [1.29, 1.82) is 0 Å². The molecule has 0 amide bonds. The van der Waals surface area contributed by atoms with Gasteiger partial charge in [0.2, 0.25) is 0 Å². The molecule has 7 nitrogen and oxygen atoms in total. The molecule has 8 heteroatoms. The Balaban J connectivity index is 2.51. The van der Waals surface area contributed by atoms with Crippen LogP contribution < -0.4 is 9.44 Å². The Morgan fingerprint density at radius 3 is 2.47 bits per heavy atom. The molecule has 1 aliphatic rings. The van der Waals surface area contributed by atoms with Crippen molar-refractivity contribution in [2.75, 3.05) is 6.61 Å². The van der Waals surface area contributed by atoms with Gasteiger partial charge in [-0.05, 0) is 19.3 Å². The largest absolute Gasteiger partial charge is 0.480 e. The number of rotatable bonds is 7. The monoisotopic (exact) mass is 238 g/mol. The summed E-state index contributed by atoms with van der Waals surface area (Å²) in [6, 6.07) is -1.36. The molecular formula is C7H14N2O5S. The summed E-state index contributed by atoms with van der Waals surface area (Å²) >= 11 is 0. The second-order valence-corrected chi connectivity index (χ2v) is 4.89. The van der Waals surface area contributed by atoms with Gasteiger partial charge in [0.05, 0.1) is 0 Å². The lowest BCUT2D eigenvalue weighted by Crippen LogP contribution is -2.47. The molecule has 0 radical (unpaired) electrons. The Morgan fingerprint density at radius 1 is 1.47 bits per heavy atom. The molecule has 15 heavy (non-hydrogen) atoms. The van der Waals surface area contributed by atoms with Crippen molar-refractivity contribution in [1.82, 2.24) is 9.44 Å². The first-order valence-corrected chi connectivity index (χ1v) is 6.06. The van der Waals surface area contributed by atoms with Crippen LogP contribution >= 0.6 is 0 Å². The molecule has 88 valence electrons. The normalized spacial score (nSPS) is 18.7. The highest BCUT2D eigenvalue weighted by Gasteiger charge is 2.30. The number of carbonyl (C=O) groups is 1. The average molecular weight is 238 g/mol. The average Bonchev–Trinajstić information content (AvgIpc) is 2.86. The van der Waals surface area contributed by atoms with Crippen LogP contribution in [-0.2, 0) is 15.0 Å². The van der Waals surface area contributed by atoms with Crippen LogP contribution in [0.25, 0.3) is 0 Å². The third kappa shape index (κ3) is 4.56. The molecule has 0 aliphatic heterocycles. The Hall–Kier alpha value is -0.700. The SMILES string of the molecule is O=C(O)C(CCO)NS(=O)(=O)NC1CC1. The maximum atomic E-state index is 11.3. The van der Waals surface area contributed by atoms with Crippen molar-refractivity contribution in [3.8, 4) is 0 Å².